The maximum Gasteiger partial charge on any atom is 0.219 e. The molecule has 0 aliphatic carbocycles. The number of hydrogen-bond acceptors (Lipinski definition) is 4. The number of hydrogen-bond donors (Lipinski definition) is 0. The molecule has 1 aromatic carbocycles. The number of amides is 1. The normalized spacial score (nSPS) is 27.2. The van der Waals surface area contributed by atoms with Crippen LogP contribution in [0.3, 0.4) is 0 Å². The summed E-state index contributed by atoms with van der Waals surface area (Å²) in [5.41, 5.74) is 1.51. The fraction of sp³-hybridized carbons (Fsp3) is 0.474. The van der Waals surface area contributed by atoms with E-state index in [1.165, 1.54) is 5.56 Å². The topological polar surface area (TPSA) is 36.4 Å². The van der Waals surface area contributed by atoms with Gasteiger partial charge in [-0.1, -0.05) is 30.3 Å². The Bertz CT molecular complexity index is 703. The summed E-state index contributed by atoms with van der Waals surface area (Å²) in [6, 6.07) is 11.1. The lowest BCUT2D eigenvalue weighted by Crippen LogP contribution is -2.56. The van der Waals surface area contributed by atoms with Gasteiger partial charge in [0.05, 0.1) is 12.6 Å². The highest BCUT2D eigenvalue weighted by Crippen LogP contribution is 2.46. The number of fused-ring (bicyclic) bond motifs is 1. The van der Waals surface area contributed by atoms with Crippen molar-refractivity contribution in [1.82, 2.24) is 14.8 Å². The van der Waals surface area contributed by atoms with Gasteiger partial charge in [-0.2, -0.15) is 0 Å². The van der Waals surface area contributed by atoms with Crippen LogP contribution in [-0.4, -0.2) is 46.4 Å². The van der Waals surface area contributed by atoms with E-state index in [-0.39, 0.29) is 17.4 Å². The van der Waals surface area contributed by atoms with Crippen molar-refractivity contribution in [3.63, 3.8) is 0 Å². The Hall–Kier alpha value is -1.72. The summed E-state index contributed by atoms with van der Waals surface area (Å²) in [5.74, 6) is 0.203. The second-order valence-corrected chi connectivity index (χ2v) is 7.89. The van der Waals surface area contributed by atoms with E-state index in [1.807, 2.05) is 11.6 Å². The predicted octanol–water partition coefficient (Wildman–Crippen LogP) is 2.91. The number of benzene rings is 1. The molecule has 2 aliphatic rings. The third-order valence-corrected chi connectivity index (χ3v) is 6.48. The van der Waals surface area contributed by atoms with Crippen molar-refractivity contribution >= 4 is 17.2 Å². The zero-order valence-electron chi connectivity index (χ0n) is 14.0. The number of carbonyl (C=O) groups is 1. The Morgan fingerprint density at radius 1 is 1.29 bits per heavy atom. The molecule has 2 saturated heterocycles. The molecule has 0 radical (unpaired) electrons. The van der Waals surface area contributed by atoms with Crippen molar-refractivity contribution in [1.29, 1.82) is 0 Å². The van der Waals surface area contributed by atoms with Gasteiger partial charge in [0.15, 0.2) is 0 Å². The molecule has 0 spiro atoms. The summed E-state index contributed by atoms with van der Waals surface area (Å²) in [6.07, 6.45) is 4.05. The van der Waals surface area contributed by atoms with Gasteiger partial charge in [0.25, 0.3) is 0 Å². The van der Waals surface area contributed by atoms with Crippen LogP contribution in [0.2, 0.25) is 0 Å². The molecule has 0 bridgehead atoms. The highest BCUT2D eigenvalue weighted by atomic mass is 32.1. The Morgan fingerprint density at radius 3 is 2.79 bits per heavy atom. The minimum Gasteiger partial charge on any atom is -0.338 e. The van der Waals surface area contributed by atoms with Crippen LogP contribution < -0.4 is 0 Å². The molecule has 0 saturated carbocycles. The Labute approximate surface area is 147 Å². The lowest BCUT2D eigenvalue weighted by Gasteiger charge is -2.46. The van der Waals surface area contributed by atoms with Crippen LogP contribution in [0.5, 0.6) is 0 Å². The molecule has 126 valence electrons. The summed E-state index contributed by atoms with van der Waals surface area (Å²) in [7, 11) is 0. The molecule has 0 unspecified atom stereocenters. The van der Waals surface area contributed by atoms with Crippen LogP contribution >= 0.6 is 11.3 Å². The zero-order valence-corrected chi connectivity index (χ0v) is 14.8. The number of carbonyl (C=O) groups excluding carboxylic acids is 1. The second kappa shape index (κ2) is 6.30. The molecular formula is C19H23N3OS. The van der Waals surface area contributed by atoms with E-state index < -0.39 is 0 Å². The lowest BCUT2D eigenvalue weighted by atomic mass is 9.69. The van der Waals surface area contributed by atoms with Crippen molar-refractivity contribution < 1.29 is 4.79 Å². The quantitative estimate of drug-likeness (QED) is 0.861. The predicted molar refractivity (Wildman–Crippen MR) is 95.9 cm³/mol. The minimum atomic E-state index is 0.117. The van der Waals surface area contributed by atoms with Crippen LogP contribution in [0.4, 0.5) is 0 Å². The van der Waals surface area contributed by atoms with E-state index in [0.29, 0.717) is 0 Å². The smallest absolute Gasteiger partial charge is 0.219 e. The summed E-state index contributed by atoms with van der Waals surface area (Å²) in [5, 5.41) is 3.19. The third kappa shape index (κ3) is 2.66. The maximum absolute atomic E-state index is 12.2. The largest absolute Gasteiger partial charge is 0.338 e. The SMILES string of the molecule is CC(=O)N1CC[C@@]2(c3ccccc3)CCN(Cc3nccs3)C[C@H]12. The highest BCUT2D eigenvalue weighted by Gasteiger charge is 2.51. The molecule has 24 heavy (non-hydrogen) atoms. The van der Waals surface area contributed by atoms with Crippen LogP contribution in [0.15, 0.2) is 41.9 Å². The average Bonchev–Trinajstić information content (AvgIpc) is 3.23. The minimum absolute atomic E-state index is 0.117. The first-order valence-corrected chi connectivity index (χ1v) is 9.50. The van der Waals surface area contributed by atoms with Crippen LogP contribution in [-0.2, 0) is 16.8 Å². The molecule has 1 aromatic heterocycles. The molecule has 2 aliphatic heterocycles. The van der Waals surface area contributed by atoms with Gasteiger partial charge in [0.2, 0.25) is 5.91 Å². The second-order valence-electron chi connectivity index (χ2n) is 6.91. The molecule has 2 fully saturated rings. The fourth-order valence-electron chi connectivity index (χ4n) is 4.49. The Morgan fingerprint density at radius 2 is 2.08 bits per heavy atom. The van der Waals surface area contributed by atoms with E-state index in [4.69, 9.17) is 0 Å². The van der Waals surface area contributed by atoms with Crippen molar-refractivity contribution in [3.8, 4) is 0 Å². The molecule has 4 nitrogen and oxygen atoms in total. The van der Waals surface area contributed by atoms with E-state index >= 15 is 0 Å². The molecule has 5 heteroatoms. The number of nitrogens with zero attached hydrogens (tertiary/aromatic N) is 3. The van der Waals surface area contributed by atoms with Crippen molar-refractivity contribution in [3.05, 3.63) is 52.5 Å². The number of likely N-dealkylation sites (tertiary alicyclic amines) is 2. The molecule has 3 heterocycles. The van der Waals surface area contributed by atoms with Crippen molar-refractivity contribution in [2.75, 3.05) is 19.6 Å². The number of aromatic nitrogens is 1. The average molecular weight is 341 g/mol. The summed E-state index contributed by atoms with van der Waals surface area (Å²) in [4.78, 5) is 21.2. The number of piperidine rings is 1. The van der Waals surface area contributed by atoms with E-state index in [2.05, 4.69) is 45.1 Å². The van der Waals surface area contributed by atoms with E-state index in [9.17, 15) is 4.79 Å². The molecular weight excluding hydrogens is 318 g/mol. The summed E-state index contributed by atoms with van der Waals surface area (Å²) < 4.78 is 0. The first-order chi connectivity index (χ1) is 11.7. The van der Waals surface area contributed by atoms with Gasteiger partial charge in [-0.05, 0) is 24.9 Å². The molecule has 4 rings (SSSR count). The fourth-order valence-corrected chi connectivity index (χ4v) is 5.15. The van der Waals surface area contributed by atoms with Gasteiger partial charge in [-0.25, -0.2) is 4.98 Å². The molecule has 0 N–H and O–H groups in total. The van der Waals surface area contributed by atoms with Gasteiger partial charge >= 0.3 is 0 Å². The molecule has 2 atom stereocenters. The first kappa shape index (κ1) is 15.8. The van der Waals surface area contributed by atoms with Gasteiger partial charge in [0, 0.05) is 37.0 Å². The van der Waals surface area contributed by atoms with Crippen LogP contribution in [0.25, 0.3) is 0 Å². The summed E-state index contributed by atoms with van der Waals surface area (Å²) in [6.45, 7) is 5.48. The monoisotopic (exact) mass is 341 g/mol. The Kier molecular flexibility index (Phi) is 4.14. The maximum atomic E-state index is 12.2. The van der Waals surface area contributed by atoms with Gasteiger partial charge < -0.3 is 4.90 Å². The molecule has 2 aromatic rings. The van der Waals surface area contributed by atoms with Gasteiger partial charge in [0.1, 0.15) is 5.01 Å². The van der Waals surface area contributed by atoms with E-state index in [0.717, 1.165) is 44.0 Å². The van der Waals surface area contributed by atoms with Crippen LogP contribution in [0.1, 0.15) is 30.3 Å². The number of thiazole rings is 1. The highest BCUT2D eigenvalue weighted by molar-refractivity contribution is 7.09. The Balaban J connectivity index is 1.62. The van der Waals surface area contributed by atoms with E-state index in [1.54, 1.807) is 18.3 Å². The number of rotatable bonds is 3. The summed E-state index contributed by atoms with van der Waals surface area (Å²) >= 11 is 1.71. The first-order valence-electron chi connectivity index (χ1n) is 8.62. The van der Waals surface area contributed by atoms with Crippen LogP contribution in [0, 0.1) is 0 Å². The van der Waals surface area contributed by atoms with Gasteiger partial charge in [-0.3, -0.25) is 9.69 Å². The molecule has 1 amide bonds. The third-order valence-electron chi connectivity index (χ3n) is 5.71. The van der Waals surface area contributed by atoms with Crippen molar-refractivity contribution in [2.45, 2.75) is 37.8 Å². The standard InChI is InChI=1S/C19H23N3OS/c1-15(23)22-11-8-19(16-5-3-2-4-6-16)7-10-21(13-17(19)22)14-18-20-9-12-24-18/h2-6,9,12,17H,7-8,10-11,13-14H2,1H3/t17-,19+/m0/s1. The van der Waals surface area contributed by atoms with Gasteiger partial charge in [-0.15, -0.1) is 11.3 Å². The van der Waals surface area contributed by atoms with Crippen molar-refractivity contribution in [2.24, 2.45) is 0 Å². The lowest BCUT2D eigenvalue weighted by molar-refractivity contribution is -0.131. The zero-order chi connectivity index (χ0) is 16.6.